The van der Waals surface area contributed by atoms with Crippen molar-refractivity contribution < 1.29 is 31.4 Å². The quantitative estimate of drug-likeness (QED) is 0.205. The third kappa shape index (κ3) is 5.55. The number of nitrogens with zero attached hydrogens (tertiary/aromatic N) is 4. The van der Waals surface area contributed by atoms with Gasteiger partial charge in [-0.05, 0) is 48.9 Å². The molecule has 0 aliphatic rings. The molecular weight excluding hydrogens is 568 g/mol. The van der Waals surface area contributed by atoms with Gasteiger partial charge in [0.2, 0.25) is 0 Å². The highest BCUT2D eigenvalue weighted by Gasteiger charge is 2.40. The molecule has 1 unspecified atom stereocenters. The predicted octanol–water partition coefficient (Wildman–Crippen LogP) is 6.56. The van der Waals surface area contributed by atoms with Crippen LogP contribution in [0.15, 0.2) is 53.0 Å². The fraction of sp³-hybridized carbons (Fsp3) is 0.208. The summed E-state index contributed by atoms with van der Waals surface area (Å²) < 4.78 is 83.5. The average molecular weight is 584 g/mol. The maximum absolute atomic E-state index is 13.9. The molecule has 4 rings (SSSR count). The number of anilines is 1. The lowest BCUT2D eigenvalue weighted by Crippen LogP contribution is -2.17. The lowest BCUT2D eigenvalue weighted by Gasteiger charge is -2.19. The Morgan fingerprint density at radius 3 is 2.32 bits per heavy atom. The Balaban J connectivity index is 1.77. The lowest BCUT2D eigenvalue weighted by atomic mass is 10.1. The van der Waals surface area contributed by atoms with Gasteiger partial charge in [-0.15, -0.1) is 0 Å². The molecule has 6 nitrogen and oxygen atoms in total. The summed E-state index contributed by atoms with van der Waals surface area (Å²) in [6.07, 6.45) is -11.7. The number of rotatable bonds is 5. The van der Waals surface area contributed by atoms with Crippen molar-refractivity contribution in [2.24, 2.45) is 0 Å². The first-order chi connectivity index (χ1) is 17.3. The first-order valence-corrected chi connectivity index (χ1v) is 11.3. The highest BCUT2D eigenvalue weighted by molar-refractivity contribution is 9.10. The Morgan fingerprint density at radius 1 is 1.05 bits per heavy atom. The summed E-state index contributed by atoms with van der Waals surface area (Å²) in [6, 6.07) is 12.8. The van der Waals surface area contributed by atoms with Gasteiger partial charge in [-0.2, -0.15) is 36.7 Å². The molecule has 2 heterocycles. The normalized spacial score (nSPS) is 13.0. The third-order valence-electron chi connectivity index (χ3n) is 5.56. The van der Waals surface area contributed by atoms with Gasteiger partial charge in [0.25, 0.3) is 0 Å². The van der Waals surface area contributed by atoms with Gasteiger partial charge in [-0.25, -0.2) is 4.98 Å². The van der Waals surface area contributed by atoms with Crippen LogP contribution in [0.25, 0.3) is 10.9 Å². The summed E-state index contributed by atoms with van der Waals surface area (Å²) in [7, 11) is 0. The zero-order valence-electron chi connectivity index (χ0n) is 18.8. The van der Waals surface area contributed by atoms with Gasteiger partial charge in [0.1, 0.15) is 5.69 Å². The Morgan fingerprint density at radius 2 is 1.73 bits per heavy atom. The van der Waals surface area contributed by atoms with E-state index in [0.717, 1.165) is 4.68 Å². The molecule has 4 aromatic rings. The number of aliphatic hydroxyl groups is 1. The van der Waals surface area contributed by atoms with E-state index in [9.17, 15) is 31.4 Å². The second kappa shape index (κ2) is 9.68. The molecule has 13 heteroatoms. The number of hydrogen-bond donors (Lipinski definition) is 2. The molecule has 192 valence electrons. The van der Waals surface area contributed by atoms with Crippen LogP contribution >= 0.6 is 15.9 Å². The van der Waals surface area contributed by atoms with Crippen LogP contribution in [0, 0.1) is 18.3 Å². The minimum Gasteiger partial charge on any atom is -0.369 e. The molecule has 0 aliphatic heterocycles. The molecule has 2 N–H and O–H groups in total. The number of nitriles is 1. The van der Waals surface area contributed by atoms with Crippen molar-refractivity contribution in [3.8, 4) is 6.07 Å². The first-order valence-electron chi connectivity index (χ1n) is 10.5. The maximum Gasteiger partial charge on any atom is 0.437 e. The summed E-state index contributed by atoms with van der Waals surface area (Å²) in [5.41, 5.74) is -2.71. The molecule has 0 bridgehead atoms. The zero-order valence-corrected chi connectivity index (χ0v) is 20.4. The van der Waals surface area contributed by atoms with Crippen LogP contribution in [0.3, 0.4) is 0 Å². The zero-order chi connectivity index (χ0) is 27.1. The molecule has 0 fully saturated rings. The van der Waals surface area contributed by atoms with Crippen LogP contribution in [0.4, 0.5) is 32.0 Å². The lowest BCUT2D eigenvalue weighted by molar-refractivity contribution is -0.141. The number of benzene rings is 2. The smallest absolute Gasteiger partial charge is 0.369 e. The van der Waals surface area contributed by atoms with Crippen LogP contribution in [0.2, 0.25) is 0 Å². The van der Waals surface area contributed by atoms with E-state index in [4.69, 9.17) is 5.26 Å². The number of alkyl halides is 6. The van der Waals surface area contributed by atoms with Crippen LogP contribution in [0.5, 0.6) is 0 Å². The number of aromatic nitrogens is 3. The van der Waals surface area contributed by atoms with Crippen molar-refractivity contribution in [1.82, 2.24) is 14.8 Å². The molecular formula is C24H16BrF6N5O. The minimum atomic E-state index is -4.93. The summed E-state index contributed by atoms with van der Waals surface area (Å²) in [5, 5.41) is 25.9. The molecule has 0 aliphatic carbocycles. The van der Waals surface area contributed by atoms with Crippen LogP contribution in [-0.4, -0.2) is 19.9 Å². The van der Waals surface area contributed by atoms with Crippen molar-refractivity contribution in [1.29, 1.82) is 5.26 Å². The number of hydrogen-bond acceptors (Lipinski definition) is 5. The molecule has 0 radical (unpaired) electrons. The Kier molecular flexibility index (Phi) is 6.91. The average Bonchev–Trinajstić information content (AvgIpc) is 3.13. The van der Waals surface area contributed by atoms with E-state index in [-0.39, 0.29) is 28.7 Å². The number of fused-ring (bicyclic) bond motifs is 1. The highest BCUT2D eigenvalue weighted by Crippen LogP contribution is 2.39. The highest BCUT2D eigenvalue weighted by atomic mass is 79.9. The summed E-state index contributed by atoms with van der Waals surface area (Å²) in [4.78, 5) is 3.57. The third-order valence-corrected chi connectivity index (χ3v) is 6.05. The molecule has 1 atom stereocenters. The molecule has 2 aromatic carbocycles. The Hall–Kier alpha value is -3.63. The number of nitrogens with one attached hydrogen (secondary N) is 1. The van der Waals surface area contributed by atoms with Gasteiger partial charge in [0.05, 0.1) is 35.1 Å². The molecule has 0 saturated heterocycles. The number of aliphatic hydroxyl groups excluding tert-OH is 1. The van der Waals surface area contributed by atoms with E-state index in [0.29, 0.717) is 21.7 Å². The van der Waals surface area contributed by atoms with Crippen molar-refractivity contribution in [3.05, 3.63) is 86.8 Å². The van der Waals surface area contributed by atoms with Gasteiger partial charge in [0, 0.05) is 15.4 Å². The Bertz CT molecular complexity index is 1510. The fourth-order valence-corrected chi connectivity index (χ4v) is 4.10. The summed E-state index contributed by atoms with van der Waals surface area (Å²) >= 11 is 3.20. The number of halogens is 7. The minimum absolute atomic E-state index is 0.00804. The summed E-state index contributed by atoms with van der Waals surface area (Å²) in [6.45, 7) is 1.26. The summed E-state index contributed by atoms with van der Waals surface area (Å²) in [5.74, 6) is 0. The van der Waals surface area contributed by atoms with Gasteiger partial charge in [-0.1, -0.05) is 28.1 Å². The van der Waals surface area contributed by atoms with Crippen LogP contribution < -0.4 is 5.32 Å². The van der Waals surface area contributed by atoms with Crippen LogP contribution in [0.1, 0.15) is 40.0 Å². The predicted molar refractivity (Wildman–Crippen MR) is 125 cm³/mol. The van der Waals surface area contributed by atoms with Gasteiger partial charge in [-0.3, -0.25) is 4.68 Å². The molecule has 2 aromatic heterocycles. The van der Waals surface area contributed by atoms with Crippen LogP contribution in [-0.2, 0) is 18.9 Å². The molecule has 0 saturated carbocycles. The van der Waals surface area contributed by atoms with Crippen molar-refractivity contribution in [2.75, 3.05) is 5.32 Å². The Labute approximate surface area is 214 Å². The largest absolute Gasteiger partial charge is 0.437 e. The van der Waals surface area contributed by atoms with Crippen molar-refractivity contribution in [3.63, 3.8) is 0 Å². The van der Waals surface area contributed by atoms with E-state index < -0.39 is 35.7 Å². The van der Waals surface area contributed by atoms with Gasteiger partial charge < -0.3 is 10.4 Å². The topological polar surface area (TPSA) is 86.8 Å². The van der Waals surface area contributed by atoms with Crippen molar-refractivity contribution >= 4 is 32.5 Å². The van der Waals surface area contributed by atoms with E-state index in [1.165, 1.54) is 37.3 Å². The van der Waals surface area contributed by atoms with Gasteiger partial charge >= 0.3 is 12.4 Å². The second-order valence-electron chi connectivity index (χ2n) is 8.08. The van der Waals surface area contributed by atoms with E-state index in [2.05, 4.69) is 31.3 Å². The van der Waals surface area contributed by atoms with Crippen molar-refractivity contribution in [2.45, 2.75) is 32.0 Å². The molecule has 37 heavy (non-hydrogen) atoms. The molecule has 0 amide bonds. The second-order valence-corrected chi connectivity index (χ2v) is 8.99. The van der Waals surface area contributed by atoms with E-state index in [1.54, 1.807) is 12.1 Å². The number of pyridine rings is 1. The SMILES string of the molecule is Cc1c(NC(O)c2cc(C(F)(F)F)nc3ccc(Br)cc23)c(C(F)(F)F)nn1Cc1ccc(C#N)cc1. The van der Waals surface area contributed by atoms with E-state index >= 15 is 0 Å². The standard InChI is InChI=1S/C24H16BrF6N5O/c1-12-20(21(24(29,30)31)35-36(12)11-14-4-2-13(10-32)3-5-14)34-22(37)17-9-19(23(26,27)28)33-18-7-6-15(25)8-16(17)18/h2-9,22,34,37H,11H2,1H3. The monoisotopic (exact) mass is 583 g/mol. The van der Waals surface area contributed by atoms with Gasteiger partial charge in [0.15, 0.2) is 11.9 Å². The maximum atomic E-state index is 13.9. The van der Waals surface area contributed by atoms with E-state index in [1.807, 2.05) is 6.07 Å². The first kappa shape index (κ1) is 26.4. The fourth-order valence-electron chi connectivity index (χ4n) is 3.74. The molecule has 0 spiro atoms.